The van der Waals surface area contributed by atoms with Crippen molar-refractivity contribution >= 4 is 28.5 Å². The summed E-state index contributed by atoms with van der Waals surface area (Å²) in [7, 11) is 0. The zero-order chi connectivity index (χ0) is 22.3. The summed E-state index contributed by atoms with van der Waals surface area (Å²) in [5.41, 5.74) is 2.27. The molecule has 1 saturated heterocycles. The second kappa shape index (κ2) is 10.4. The van der Waals surface area contributed by atoms with E-state index in [1.54, 1.807) is 11.8 Å². The van der Waals surface area contributed by atoms with E-state index < -0.39 is 0 Å². The first kappa shape index (κ1) is 22.0. The van der Waals surface area contributed by atoms with Crippen LogP contribution in [0.2, 0.25) is 0 Å². The van der Waals surface area contributed by atoms with E-state index in [0.717, 1.165) is 22.1 Å². The monoisotopic (exact) mass is 449 g/mol. The smallest absolute Gasteiger partial charge is 0.242 e. The van der Waals surface area contributed by atoms with Crippen molar-refractivity contribution in [1.82, 2.24) is 19.2 Å². The Morgan fingerprint density at radius 3 is 2.12 bits per heavy atom. The van der Waals surface area contributed by atoms with Gasteiger partial charge in [-0.25, -0.2) is 4.98 Å². The molecule has 1 aliphatic heterocycles. The molecule has 1 aliphatic rings. The molecule has 166 valence electrons. The van der Waals surface area contributed by atoms with Crippen LogP contribution in [0.25, 0.3) is 0 Å². The van der Waals surface area contributed by atoms with Gasteiger partial charge in [-0.05, 0) is 11.1 Å². The third-order valence-electron chi connectivity index (χ3n) is 5.55. The van der Waals surface area contributed by atoms with Gasteiger partial charge in [0.05, 0.1) is 6.54 Å². The lowest BCUT2D eigenvalue weighted by atomic mass is 10.1. The van der Waals surface area contributed by atoms with Crippen LogP contribution in [-0.2, 0) is 22.6 Å². The van der Waals surface area contributed by atoms with E-state index in [1.165, 1.54) is 11.5 Å². The normalized spacial score (nSPS) is 13.8. The van der Waals surface area contributed by atoms with E-state index in [9.17, 15) is 9.59 Å². The van der Waals surface area contributed by atoms with E-state index >= 15 is 0 Å². The number of carbonyl (C=O) groups excluding carboxylic acids is 2. The molecule has 0 aliphatic carbocycles. The molecule has 2 heterocycles. The molecule has 0 bridgehead atoms. The summed E-state index contributed by atoms with van der Waals surface area (Å²) in [5.74, 6) is 0.864. The Hall–Kier alpha value is -3.26. The second-order valence-corrected chi connectivity index (χ2v) is 8.61. The number of carbonyl (C=O) groups is 2. The fourth-order valence-electron chi connectivity index (χ4n) is 3.75. The van der Waals surface area contributed by atoms with Gasteiger partial charge < -0.3 is 14.7 Å². The molecule has 0 spiro atoms. The fraction of sp³-hybridized carbons (Fsp3) is 0.333. The molecule has 8 heteroatoms. The topological polar surface area (TPSA) is 69.6 Å². The van der Waals surface area contributed by atoms with Gasteiger partial charge in [0.15, 0.2) is 0 Å². The highest BCUT2D eigenvalue weighted by molar-refractivity contribution is 7.09. The molecule has 1 aromatic heterocycles. The van der Waals surface area contributed by atoms with Crippen LogP contribution in [0.4, 0.5) is 5.13 Å². The molecule has 0 saturated carbocycles. The van der Waals surface area contributed by atoms with Gasteiger partial charge in [0.2, 0.25) is 16.9 Å². The number of hydrogen-bond donors (Lipinski definition) is 0. The van der Waals surface area contributed by atoms with Gasteiger partial charge in [0.1, 0.15) is 5.82 Å². The predicted octanol–water partition coefficient (Wildman–Crippen LogP) is 2.83. The van der Waals surface area contributed by atoms with Crippen molar-refractivity contribution in [3.8, 4) is 0 Å². The molecule has 0 radical (unpaired) electrons. The molecule has 2 amide bonds. The lowest BCUT2D eigenvalue weighted by Gasteiger charge is -2.35. The van der Waals surface area contributed by atoms with Crippen LogP contribution < -0.4 is 4.90 Å². The Morgan fingerprint density at radius 2 is 1.50 bits per heavy atom. The number of benzene rings is 2. The minimum absolute atomic E-state index is 0.0453. The molecule has 3 aromatic rings. The van der Waals surface area contributed by atoms with E-state index in [0.29, 0.717) is 39.1 Å². The van der Waals surface area contributed by atoms with E-state index in [4.69, 9.17) is 4.98 Å². The summed E-state index contributed by atoms with van der Waals surface area (Å²) in [4.78, 5) is 35.0. The molecule has 0 N–H and O–H groups in total. The Balaban J connectivity index is 1.47. The number of aromatic nitrogens is 2. The van der Waals surface area contributed by atoms with Crippen molar-refractivity contribution in [3.05, 3.63) is 77.6 Å². The van der Waals surface area contributed by atoms with Gasteiger partial charge >= 0.3 is 0 Å². The van der Waals surface area contributed by atoms with Gasteiger partial charge in [-0.3, -0.25) is 9.59 Å². The predicted molar refractivity (Wildman–Crippen MR) is 125 cm³/mol. The second-order valence-electron chi connectivity index (χ2n) is 7.88. The molecular formula is C24H27N5O2S. The Labute approximate surface area is 192 Å². The Morgan fingerprint density at radius 1 is 0.906 bits per heavy atom. The minimum Gasteiger partial charge on any atom is -0.339 e. The summed E-state index contributed by atoms with van der Waals surface area (Å²) in [6.07, 6.45) is 0.664. The zero-order valence-electron chi connectivity index (χ0n) is 18.2. The molecule has 7 nitrogen and oxygen atoms in total. The minimum atomic E-state index is 0.0453. The molecule has 0 unspecified atom stereocenters. The summed E-state index contributed by atoms with van der Waals surface area (Å²) < 4.78 is 4.54. The molecule has 1 fully saturated rings. The third-order valence-corrected chi connectivity index (χ3v) is 6.37. The average Bonchev–Trinajstić information content (AvgIpc) is 3.28. The van der Waals surface area contributed by atoms with Crippen molar-refractivity contribution in [2.75, 3.05) is 37.6 Å². The first-order valence-electron chi connectivity index (χ1n) is 10.8. The number of rotatable bonds is 7. The summed E-state index contributed by atoms with van der Waals surface area (Å²) in [5, 5.41) is 0.746. The van der Waals surface area contributed by atoms with Crippen molar-refractivity contribution in [2.45, 2.75) is 19.9 Å². The SMILES string of the molecule is CC(=O)N1CCN(C(=O)CN(Cc2ccccc2)c2nc(Cc3ccccc3)ns2)CC1. The van der Waals surface area contributed by atoms with Crippen LogP contribution in [0.15, 0.2) is 60.7 Å². The quantitative estimate of drug-likeness (QED) is 0.555. The van der Waals surface area contributed by atoms with Crippen LogP contribution in [0.1, 0.15) is 23.9 Å². The molecule has 0 atom stereocenters. The Bertz CT molecular complexity index is 1030. The molecule has 4 rings (SSSR count). The number of anilines is 1. The number of nitrogens with zero attached hydrogens (tertiary/aromatic N) is 5. The van der Waals surface area contributed by atoms with Crippen molar-refractivity contribution < 1.29 is 9.59 Å². The van der Waals surface area contributed by atoms with Crippen LogP contribution in [0, 0.1) is 0 Å². The molecule has 32 heavy (non-hydrogen) atoms. The highest BCUT2D eigenvalue weighted by Crippen LogP contribution is 2.22. The maximum Gasteiger partial charge on any atom is 0.242 e. The number of hydrogen-bond acceptors (Lipinski definition) is 6. The maximum atomic E-state index is 13.1. The van der Waals surface area contributed by atoms with Crippen LogP contribution in [-0.4, -0.2) is 63.7 Å². The van der Waals surface area contributed by atoms with Crippen LogP contribution in [0.5, 0.6) is 0 Å². The summed E-state index contributed by atoms with van der Waals surface area (Å²) >= 11 is 1.33. The number of piperazine rings is 1. The van der Waals surface area contributed by atoms with Crippen molar-refractivity contribution in [3.63, 3.8) is 0 Å². The lowest BCUT2D eigenvalue weighted by Crippen LogP contribution is -2.52. The molecular weight excluding hydrogens is 422 g/mol. The van der Waals surface area contributed by atoms with E-state index in [-0.39, 0.29) is 18.4 Å². The van der Waals surface area contributed by atoms with Crippen LogP contribution in [0.3, 0.4) is 0 Å². The Kier molecular flexibility index (Phi) is 7.11. The van der Waals surface area contributed by atoms with Gasteiger partial charge in [0.25, 0.3) is 0 Å². The highest BCUT2D eigenvalue weighted by atomic mass is 32.1. The maximum absolute atomic E-state index is 13.1. The van der Waals surface area contributed by atoms with Gasteiger partial charge in [-0.1, -0.05) is 60.7 Å². The highest BCUT2D eigenvalue weighted by Gasteiger charge is 2.25. The van der Waals surface area contributed by atoms with E-state index in [1.807, 2.05) is 46.2 Å². The zero-order valence-corrected chi connectivity index (χ0v) is 19.0. The standard InChI is InChI=1S/C24H27N5O2S/c1-19(30)27-12-14-28(15-13-27)23(31)18-29(17-21-10-6-3-7-11-21)24-25-22(26-32-24)16-20-8-4-2-5-9-20/h2-11H,12-18H2,1H3. The fourth-order valence-corrected chi connectivity index (χ4v) is 4.44. The lowest BCUT2D eigenvalue weighted by molar-refractivity contribution is -0.137. The molecule has 2 aromatic carbocycles. The van der Waals surface area contributed by atoms with Crippen molar-refractivity contribution in [1.29, 1.82) is 0 Å². The first-order valence-corrected chi connectivity index (χ1v) is 11.5. The van der Waals surface area contributed by atoms with E-state index in [2.05, 4.69) is 28.6 Å². The van der Waals surface area contributed by atoms with Crippen LogP contribution >= 0.6 is 11.5 Å². The van der Waals surface area contributed by atoms with Gasteiger partial charge in [-0.2, -0.15) is 4.37 Å². The average molecular weight is 450 g/mol. The largest absolute Gasteiger partial charge is 0.339 e. The summed E-state index contributed by atoms with van der Waals surface area (Å²) in [6, 6.07) is 20.2. The third kappa shape index (κ3) is 5.70. The van der Waals surface area contributed by atoms with Gasteiger partial charge in [0, 0.05) is 57.6 Å². The number of amides is 2. The first-order chi connectivity index (χ1) is 15.6. The van der Waals surface area contributed by atoms with Crippen molar-refractivity contribution in [2.24, 2.45) is 0 Å². The summed E-state index contributed by atoms with van der Waals surface area (Å²) in [6.45, 7) is 4.68. The van der Waals surface area contributed by atoms with Gasteiger partial charge in [-0.15, -0.1) is 0 Å².